The molecule has 0 aliphatic rings. The number of benzene rings is 2. The van der Waals surface area contributed by atoms with Gasteiger partial charge in [-0.3, -0.25) is 9.59 Å². The third-order valence-corrected chi connectivity index (χ3v) is 14.4. The van der Waals surface area contributed by atoms with Crippen LogP contribution in [-0.4, -0.2) is 227 Å². The third kappa shape index (κ3) is 26.7. The molecule has 70 heavy (non-hydrogen) atoms. The summed E-state index contributed by atoms with van der Waals surface area (Å²) < 4.78 is 25.4. The molecule has 16 N–H and O–H groups in total. The van der Waals surface area contributed by atoms with E-state index in [0.29, 0.717) is 65.3 Å². The Morgan fingerprint density at radius 1 is 0.471 bits per heavy atom. The lowest BCUT2D eigenvalue weighted by atomic mass is 10.0. The minimum atomic E-state index is -1.55. The van der Waals surface area contributed by atoms with Gasteiger partial charge >= 0.3 is 11.9 Å². The van der Waals surface area contributed by atoms with E-state index in [1.807, 2.05) is 90.4 Å². The van der Waals surface area contributed by atoms with Gasteiger partial charge in [-0.25, -0.2) is 9.59 Å². The first-order chi connectivity index (χ1) is 32.9. The van der Waals surface area contributed by atoms with Gasteiger partial charge in [0.25, 0.3) is 0 Å². The first-order valence-electron chi connectivity index (χ1n) is 20.6. The Morgan fingerprint density at radius 3 is 1.00 bits per heavy atom. The number of aromatic carboxylic acids is 2. The molecule has 30 heteroatoms. The maximum Gasteiger partial charge on any atom is 0.337 e. The predicted octanol–water partition coefficient (Wildman–Crippen LogP) is -0.582. The number of halogens is 6. The van der Waals surface area contributed by atoms with Crippen molar-refractivity contribution < 1.29 is 99.4 Å². The molecule has 0 spiro atoms. The highest BCUT2D eigenvalue weighted by Gasteiger charge is 2.30. The molecular weight excluding hydrogens is 1620 g/mol. The number of ether oxygens (including phenoxy) is 4. The van der Waals surface area contributed by atoms with Crippen LogP contribution in [0.15, 0.2) is 12.1 Å². The maximum absolute atomic E-state index is 12.3. The van der Waals surface area contributed by atoms with Gasteiger partial charge in [0.1, 0.15) is 36.6 Å². The third-order valence-electron chi connectivity index (χ3n) is 8.84. The predicted molar refractivity (Wildman–Crippen MR) is 303 cm³/mol. The van der Waals surface area contributed by atoms with Gasteiger partial charge < -0.3 is 101 Å². The van der Waals surface area contributed by atoms with Gasteiger partial charge in [0.05, 0.1) is 121 Å². The number of hydrogen-bond donors (Lipinski definition) is 16. The molecule has 2 aromatic rings. The fourth-order valence-corrected chi connectivity index (χ4v) is 13.3. The molecule has 0 heterocycles. The number of anilines is 2. The zero-order chi connectivity index (χ0) is 53.7. The van der Waals surface area contributed by atoms with Crippen molar-refractivity contribution in [1.82, 2.24) is 10.6 Å². The van der Waals surface area contributed by atoms with Gasteiger partial charge in [-0.15, -0.1) is 0 Å². The number of nitrogens with one attached hydrogen (secondary N) is 4. The number of carbonyl (C=O) groups is 4. The van der Waals surface area contributed by atoms with E-state index in [-0.39, 0.29) is 62.1 Å². The van der Waals surface area contributed by atoms with E-state index in [4.69, 9.17) is 59.8 Å². The topological polar surface area (TPSA) is 396 Å². The molecule has 0 fully saturated rings. The first-order valence-corrected chi connectivity index (χ1v) is 27.1. The average Bonchev–Trinajstić information content (AvgIpc) is 3.30. The van der Waals surface area contributed by atoms with E-state index >= 15 is 0 Å². The monoisotopic (exact) mass is 1680 g/mol. The molecule has 402 valence electrons. The van der Waals surface area contributed by atoms with Crippen LogP contribution in [0.2, 0.25) is 0 Å². The Balaban J connectivity index is 0.00000148. The molecule has 0 unspecified atom stereocenters. The van der Waals surface area contributed by atoms with Crippen LogP contribution in [-0.2, 0) is 28.5 Å². The second-order valence-corrected chi connectivity index (χ2v) is 21.0. The number of likely N-dealkylation sites (N-methyl/N-ethyl adjacent to an activating group) is 2. The number of carbonyl (C=O) groups excluding carboxylic acids is 2. The molecule has 2 amide bonds. The highest BCUT2D eigenvalue weighted by molar-refractivity contribution is 14.1. The molecule has 2 aromatic carbocycles. The summed E-state index contributed by atoms with van der Waals surface area (Å²) in [5.41, 5.74) is 1.28. The van der Waals surface area contributed by atoms with Crippen molar-refractivity contribution in [2.75, 3.05) is 104 Å². The fourth-order valence-electron chi connectivity index (χ4n) is 5.08. The Kier molecular flexibility index (Phi) is 39.5. The lowest BCUT2D eigenvalue weighted by Gasteiger charge is -2.25. The minimum absolute atomic E-state index is 0.0936. The average molecular weight is 1680 g/mol. The summed E-state index contributed by atoms with van der Waals surface area (Å²) in [6, 6.07) is 3.42. The normalized spacial score (nSPS) is 14.6. The second kappa shape index (κ2) is 39.4. The van der Waals surface area contributed by atoms with Crippen LogP contribution in [0, 0.1) is 21.4 Å². The van der Waals surface area contributed by atoms with Crippen molar-refractivity contribution >= 4 is 171 Å². The SMILES string of the molecule is CNC[C@H](O)[C@@H](O)[C@H](O)[C@H](O)CO.CNC[C@H](O)[C@@H](O)[C@H](O)[C@H](O)CO.O=C(CCOCCOCCOCCOCCC(=O)Nc1c(I)cc(I)c(C(=O)O)c1I)Nc1c(I)cc(I)c(C(=O)O)c1I. The zero-order valence-electron chi connectivity index (χ0n) is 37.6. The Bertz CT molecular complexity index is 1770. The summed E-state index contributed by atoms with van der Waals surface area (Å²) in [6.07, 6.45) is -11.1. The van der Waals surface area contributed by atoms with E-state index < -0.39 is 74.0 Å². The number of rotatable bonds is 31. The number of aliphatic hydroxyl groups is 10. The summed E-state index contributed by atoms with van der Waals surface area (Å²) in [5.74, 6) is -2.65. The smallest absolute Gasteiger partial charge is 0.337 e. The molecule has 2 rings (SSSR count). The van der Waals surface area contributed by atoms with Crippen LogP contribution in [0.25, 0.3) is 0 Å². The summed E-state index contributed by atoms with van der Waals surface area (Å²) in [4.78, 5) is 47.7. The maximum atomic E-state index is 12.3. The van der Waals surface area contributed by atoms with Crippen molar-refractivity contribution in [2.24, 2.45) is 0 Å². The molecular formula is C40H60I6N4O20. The Morgan fingerprint density at radius 2 is 0.743 bits per heavy atom. The van der Waals surface area contributed by atoms with Crippen LogP contribution < -0.4 is 21.3 Å². The standard InChI is InChI=1S/C26H26I6N2O10.2C7H17NO5/c27-13-11-15(29)23(21(31)19(13)25(37)38)33-17(35)1-3-41-5-7-43-9-10-44-8-6-42-4-2-18(36)34-24-16(30)12-14(28)20(22(24)32)26(39)40;2*1-8-2-4(10)6(12)7(13)5(11)3-9/h11-12H,1-10H2,(H,33,35)(H,34,36)(H,37,38)(H,39,40);2*4-13H,2-3H2,1H3/t;2*4-,5+,6+,7+/m.00/s1. The van der Waals surface area contributed by atoms with Crippen molar-refractivity contribution in [2.45, 2.75) is 61.7 Å². The van der Waals surface area contributed by atoms with Crippen molar-refractivity contribution in [3.63, 3.8) is 0 Å². The van der Waals surface area contributed by atoms with Crippen molar-refractivity contribution in [3.8, 4) is 0 Å². The minimum Gasteiger partial charge on any atom is -0.478 e. The van der Waals surface area contributed by atoms with Gasteiger partial charge in [-0.2, -0.15) is 0 Å². The molecule has 0 aliphatic heterocycles. The highest BCUT2D eigenvalue weighted by Crippen LogP contribution is 2.33. The number of aliphatic hydroxyl groups excluding tert-OH is 10. The number of amides is 2. The molecule has 0 aromatic heterocycles. The Labute approximate surface area is 485 Å². The molecule has 0 saturated heterocycles. The van der Waals surface area contributed by atoms with Crippen LogP contribution in [0.3, 0.4) is 0 Å². The molecule has 8 atom stereocenters. The Hall–Kier alpha value is 0.0600. The van der Waals surface area contributed by atoms with Gasteiger partial charge in [0.2, 0.25) is 11.8 Å². The van der Waals surface area contributed by atoms with Crippen molar-refractivity contribution in [3.05, 3.63) is 44.7 Å². The summed E-state index contributed by atoms with van der Waals surface area (Å²) >= 11 is 11.9. The van der Waals surface area contributed by atoms with Gasteiger partial charge in [-0.1, -0.05) is 0 Å². The summed E-state index contributed by atoms with van der Waals surface area (Å²) in [6.45, 7) is 1.22. The molecule has 24 nitrogen and oxygen atoms in total. The number of carboxylic acid groups (broad SMARTS) is 2. The van der Waals surface area contributed by atoms with Gasteiger partial charge in [-0.05, 0) is 162 Å². The molecule has 0 aliphatic carbocycles. The lowest BCUT2D eigenvalue weighted by molar-refractivity contribution is -0.118. The quantitative estimate of drug-likeness (QED) is 0.0332. The largest absolute Gasteiger partial charge is 0.478 e. The van der Waals surface area contributed by atoms with E-state index in [2.05, 4.69) is 66.4 Å². The number of carboxylic acids is 2. The van der Waals surface area contributed by atoms with E-state index in [9.17, 15) is 39.6 Å². The molecule has 0 bridgehead atoms. The zero-order valence-corrected chi connectivity index (χ0v) is 50.5. The lowest BCUT2D eigenvalue weighted by Crippen LogP contribution is -2.48. The van der Waals surface area contributed by atoms with Crippen LogP contribution in [0.4, 0.5) is 11.4 Å². The van der Waals surface area contributed by atoms with Gasteiger partial charge in [0.15, 0.2) is 0 Å². The van der Waals surface area contributed by atoms with Crippen LogP contribution in [0.5, 0.6) is 0 Å². The second-order valence-electron chi connectivity index (χ2n) is 14.2. The highest BCUT2D eigenvalue weighted by atomic mass is 127. The van der Waals surface area contributed by atoms with E-state index in [1.165, 1.54) is 0 Å². The first kappa shape index (κ1) is 70.1. The molecule has 0 saturated carbocycles. The van der Waals surface area contributed by atoms with Crippen LogP contribution >= 0.6 is 136 Å². The summed E-state index contributed by atoms with van der Waals surface area (Å²) in [7, 11) is 3.15. The van der Waals surface area contributed by atoms with Crippen LogP contribution in [0.1, 0.15) is 33.6 Å². The summed E-state index contributed by atoms with van der Waals surface area (Å²) in [5, 5.41) is 119. The molecule has 0 radical (unpaired) electrons. The van der Waals surface area contributed by atoms with Crippen molar-refractivity contribution in [1.29, 1.82) is 0 Å². The van der Waals surface area contributed by atoms with Gasteiger partial charge in [0, 0.05) is 27.4 Å². The fraction of sp³-hybridized carbons (Fsp3) is 0.600. The van der Waals surface area contributed by atoms with E-state index in [0.717, 1.165) is 7.14 Å². The number of hydrogen-bond acceptors (Lipinski definition) is 20. The van der Waals surface area contributed by atoms with E-state index in [1.54, 1.807) is 26.2 Å².